The van der Waals surface area contributed by atoms with E-state index in [4.69, 9.17) is 23.2 Å². The van der Waals surface area contributed by atoms with Crippen LogP contribution in [0.5, 0.6) is 0 Å². The molecule has 90 valence electrons. The van der Waals surface area contributed by atoms with Crippen LogP contribution in [0.4, 0.5) is 5.82 Å². The number of carbonyl (C=O) groups excluding carboxylic acids is 2. The topological polar surface area (TPSA) is 84.0 Å². The second kappa shape index (κ2) is 4.85. The van der Waals surface area contributed by atoms with E-state index >= 15 is 0 Å². The monoisotopic (exact) mass is 274 g/mol. The number of carbonyl (C=O) groups is 2. The highest BCUT2D eigenvalue weighted by molar-refractivity contribution is 6.42. The van der Waals surface area contributed by atoms with Crippen molar-refractivity contribution in [2.24, 2.45) is 0 Å². The molecule has 0 bridgehead atoms. The van der Waals surface area contributed by atoms with Crippen LogP contribution in [0.3, 0.4) is 0 Å². The van der Waals surface area contributed by atoms with Gasteiger partial charge in [-0.05, 0) is 6.42 Å². The van der Waals surface area contributed by atoms with Crippen LogP contribution in [0.15, 0.2) is 6.33 Å². The second-order valence-corrected chi connectivity index (χ2v) is 4.21. The molecular weight excluding hydrogens is 267 g/mol. The standard InChI is InChI=1S/C9H8Cl2N4O2/c10-6-7(11)12-3-13-8(6)15-9(17)4-1-2-5(16)14-4/h3-4H,1-2H2,(H,14,16)(H,12,13,15,17). The maximum Gasteiger partial charge on any atom is 0.248 e. The molecule has 2 rings (SSSR count). The van der Waals surface area contributed by atoms with Gasteiger partial charge in [-0.2, -0.15) is 0 Å². The Morgan fingerprint density at radius 2 is 2.24 bits per heavy atom. The lowest BCUT2D eigenvalue weighted by molar-refractivity contribution is -0.122. The van der Waals surface area contributed by atoms with E-state index in [9.17, 15) is 9.59 Å². The summed E-state index contributed by atoms with van der Waals surface area (Å²) in [6.07, 6.45) is 1.99. The fourth-order valence-corrected chi connectivity index (χ4v) is 1.73. The van der Waals surface area contributed by atoms with E-state index in [-0.39, 0.29) is 27.8 Å². The van der Waals surface area contributed by atoms with E-state index < -0.39 is 6.04 Å². The zero-order chi connectivity index (χ0) is 12.4. The number of nitrogens with one attached hydrogen (secondary N) is 2. The van der Waals surface area contributed by atoms with Crippen LogP contribution < -0.4 is 10.6 Å². The number of hydrogen-bond donors (Lipinski definition) is 2. The first-order chi connectivity index (χ1) is 8.08. The molecule has 1 aromatic heterocycles. The van der Waals surface area contributed by atoms with Gasteiger partial charge in [0.25, 0.3) is 0 Å². The Labute approximate surface area is 107 Å². The lowest BCUT2D eigenvalue weighted by Crippen LogP contribution is -2.37. The molecule has 0 spiro atoms. The average Bonchev–Trinajstić information content (AvgIpc) is 2.72. The van der Waals surface area contributed by atoms with E-state index in [1.165, 1.54) is 6.33 Å². The van der Waals surface area contributed by atoms with Crippen molar-refractivity contribution in [3.8, 4) is 0 Å². The molecule has 1 unspecified atom stereocenters. The van der Waals surface area contributed by atoms with E-state index in [1.807, 2.05) is 0 Å². The van der Waals surface area contributed by atoms with Crippen molar-refractivity contribution in [2.45, 2.75) is 18.9 Å². The SMILES string of the molecule is O=C1CCC(C(=O)Nc2ncnc(Cl)c2Cl)N1. The van der Waals surface area contributed by atoms with Crippen LogP contribution in [-0.2, 0) is 9.59 Å². The number of amides is 2. The Morgan fingerprint density at radius 3 is 2.88 bits per heavy atom. The molecule has 0 radical (unpaired) electrons. The normalized spacial score (nSPS) is 18.9. The number of anilines is 1. The van der Waals surface area contributed by atoms with Crippen molar-refractivity contribution >= 4 is 40.8 Å². The van der Waals surface area contributed by atoms with Crippen LogP contribution in [0.2, 0.25) is 10.2 Å². The molecule has 1 saturated heterocycles. The molecule has 1 aliphatic rings. The highest BCUT2D eigenvalue weighted by atomic mass is 35.5. The summed E-state index contributed by atoms with van der Waals surface area (Å²) < 4.78 is 0. The number of hydrogen-bond acceptors (Lipinski definition) is 4. The predicted octanol–water partition coefficient (Wildman–Crippen LogP) is 1.00. The zero-order valence-electron chi connectivity index (χ0n) is 8.54. The van der Waals surface area contributed by atoms with E-state index in [2.05, 4.69) is 20.6 Å². The highest BCUT2D eigenvalue weighted by Gasteiger charge is 2.27. The van der Waals surface area contributed by atoms with Crippen molar-refractivity contribution in [3.63, 3.8) is 0 Å². The van der Waals surface area contributed by atoms with Gasteiger partial charge < -0.3 is 10.6 Å². The van der Waals surface area contributed by atoms with Gasteiger partial charge in [-0.15, -0.1) is 0 Å². The van der Waals surface area contributed by atoms with Crippen molar-refractivity contribution < 1.29 is 9.59 Å². The third kappa shape index (κ3) is 2.65. The smallest absolute Gasteiger partial charge is 0.248 e. The van der Waals surface area contributed by atoms with Gasteiger partial charge in [0.1, 0.15) is 17.4 Å². The van der Waals surface area contributed by atoms with Gasteiger partial charge in [0.2, 0.25) is 11.8 Å². The minimum absolute atomic E-state index is 0.0624. The van der Waals surface area contributed by atoms with Crippen molar-refractivity contribution in [3.05, 3.63) is 16.5 Å². The van der Waals surface area contributed by atoms with Gasteiger partial charge in [-0.1, -0.05) is 23.2 Å². The number of aromatic nitrogens is 2. The fraction of sp³-hybridized carbons (Fsp3) is 0.333. The molecule has 8 heteroatoms. The molecular formula is C9H8Cl2N4O2. The highest BCUT2D eigenvalue weighted by Crippen LogP contribution is 2.25. The van der Waals surface area contributed by atoms with Crippen LogP contribution in [-0.4, -0.2) is 27.8 Å². The number of nitrogens with zero attached hydrogens (tertiary/aromatic N) is 2. The van der Waals surface area contributed by atoms with Gasteiger partial charge >= 0.3 is 0 Å². The summed E-state index contributed by atoms with van der Waals surface area (Å²) in [6, 6.07) is -0.549. The van der Waals surface area contributed by atoms with Gasteiger partial charge in [0.05, 0.1) is 0 Å². The molecule has 0 saturated carbocycles. The van der Waals surface area contributed by atoms with Gasteiger partial charge in [-0.25, -0.2) is 9.97 Å². The van der Waals surface area contributed by atoms with Gasteiger partial charge in [0, 0.05) is 6.42 Å². The van der Waals surface area contributed by atoms with Gasteiger partial charge in [0.15, 0.2) is 11.0 Å². The molecule has 2 amide bonds. The summed E-state index contributed by atoms with van der Waals surface area (Å²) in [5.41, 5.74) is 0. The number of halogens is 2. The molecule has 2 heterocycles. The summed E-state index contributed by atoms with van der Waals surface area (Å²) >= 11 is 11.5. The Kier molecular flexibility index (Phi) is 3.44. The Balaban J connectivity index is 2.08. The molecule has 1 aromatic rings. The van der Waals surface area contributed by atoms with Crippen molar-refractivity contribution in [2.75, 3.05) is 5.32 Å². The molecule has 0 aliphatic carbocycles. The molecule has 0 aromatic carbocycles. The first-order valence-electron chi connectivity index (χ1n) is 4.84. The molecule has 17 heavy (non-hydrogen) atoms. The van der Waals surface area contributed by atoms with E-state index in [1.54, 1.807) is 0 Å². The lowest BCUT2D eigenvalue weighted by Gasteiger charge is -2.11. The maximum absolute atomic E-state index is 11.7. The molecule has 6 nitrogen and oxygen atoms in total. The molecule has 1 fully saturated rings. The minimum atomic E-state index is -0.549. The Hall–Kier alpha value is -1.40. The van der Waals surface area contributed by atoms with Gasteiger partial charge in [-0.3, -0.25) is 9.59 Å². The first kappa shape index (κ1) is 12.1. The Morgan fingerprint density at radius 1 is 1.47 bits per heavy atom. The first-order valence-corrected chi connectivity index (χ1v) is 5.59. The van der Waals surface area contributed by atoms with Crippen LogP contribution in [0.1, 0.15) is 12.8 Å². The molecule has 1 aliphatic heterocycles. The fourth-order valence-electron chi connectivity index (χ4n) is 1.45. The van der Waals surface area contributed by atoms with Crippen LogP contribution in [0.25, 0.3) is 0 Å². The minimum Gasteiger partial charge on any atom is -0.344 e. The summed E-state index contributed by atoms with van der Waals surface area (Å²) in [6.45, 7) is 0. The molecule has 1 atom stereocenters. The second-order valence-electron chi connectivity index (χ2n) is 3.48. The zero-order valence-corrected chi connectivity index (χ0v) is 10.0. The van der Waals surface area contributed by atoms with E-state index in [0.29, 0.717) is 12.8 Å². The third-order valence-corrected chi connectivity index (χ3v) is 3.04. The lowest BCUT2D eigenvalue weighted by atomic mass is 10.2. The third-order valence-electron chi connectivity index (χ3n) is 2.30. The summed E-state index contributed by atoms with van der Waals surface area (Å²) in [7, 11) is 0. The largest absolute Gasteiger partial charge is 0.344 e. The van der Waals surface area contributed by atoms with Crippen LogP contribution >= 0.6 is 23.2 Å². The summed E-state index contributed by atoms with van der Waals surface area (Å²) in [4.78, 5) is 30.2. The predicted molar refractivity (Wildman–Crippen MR) is 61.8 cm³/mol. The number of rotatable bonds is 2. The average molecular weight is 275 g/mol. The Bertz CT molecular complexity index is 480. The van der Waals surface area contributed by atoms with E-state index in [0.717, 1.165) is 0 Å². The quantitative estimate of drug-likeness (QED) is 0.789. The summed E-state index contributed by atoms with van der Waals surface area (Å²) in [5.74, 6) is -0.373. The maximum atomic E-state index is 11.7. The van der Waals surface area contributed by atoms with Crippen LogP contribution in [0, 0.1) is 0 Å². The van der Waals surface area contributed by atoms with Crippen molar-refractivity contribution in [1.29, 1.82) is 0 Å². The van der Waals surface area contributed by atoms with Crippen molar-refractivity contribution in [1.82, 2.24) is 15.3 Å². The summed E-state index contributed by atoms with van der Waals surface area (Å²) in [5, 5.41) is 5.17. The molecule has 2 N–H and O–H groups in total.